The first-order chi connectivity index (χ1) is 8.20. The Hall–Kier alpha value is -1.22. The van der Waals surface area contributed by atoms with E-state index in [4.69, 9.17) is 5.73 Å². The summed E-state index contributed by atoms with van der Waals surface area (Å²) in [5, 5.41) is 12.9. The van der Waals surface area contributed by atoms with Gasteiger partial charge in [0.2, 0.25) is 0 Å². The molecule has 0 aliphatic heterocycles. The fraction of sp³-hybridized carbons (Fsp3) is 0.571. The van der Waals surface area contributed by atoms with E-state index in [-0.39, 0.29) is 6.61 Å². The standard InChI is InChI=1S/C14H22N2O/c1-10-6-7-12(15)8-14(10)16-13-5-3-2-4-11(13)9-17/h6-8,11,13,16-17H,2-5,9,15H2,1H3. The van der Waals surface area contributed by atoms with Crippen molar-refractivity contribution in [3.05, 3.63) is 23.8 Å². The molecule has 3 heteroatoms. The lowest BCUT2D eigenvalue weighted by atomic mass is 9.85. The van der Waals surface area contributed by atoms with Crippen molar-refractivity contribution in [2.75, 3.05) is 17.7 Å². The summed E-state index contributed by atoms with van der Waals surface area (Å²) in [6.07, 6.45) is 4.74. The molecule has 4 N–H and O–H groups in total. The lowest BCUT2D eigenvalue weighted by molar-refractivity contribution is 0.178. The summed E-state index contributed by atoms with van der Waals surface area (Å²) in [5.74, 6) is 0.379. The minimum atomic E-state index is 0.277. The van der Waals surface area contributed by atoms with Crippen molar-refractivity contribution in [3.8, 4) is 0 Å². The Morgan fingerprint density at radius 2 is 2.12 bits per heavy atom. The molecule has 0 heterocycles. The van der Waals surface area contributed by atoms with Gasteiger partial charge in [0, 0.05) is 29.9 Å². The van der Waals surface area contributed by atoms with Crippen LogP contribution >= 0.6 is 0 Å². The van der Waals surface area contributed by atoms with Crippen LogP contribution in [0.1, 0.15) is 31.2 Å². The van der Waals surface area contributed by atoms with Gasteiger partial charge in [0.15, 0.2) is 0 Å². The fourth-order valence-corrected chi connectivity index (χ4v) is 2.61. The molecule has 0 radical (unpaired) electrons. The first kappa shape index (κ1) is 12.2. The molecule has 2 rings (SSSR count). The number of hydrogen-bond donors (Lipinski definition) is 3. The topological polar surface area (TPSA) is 58.3 Å². The Kier molecular flexibility index (Phi) is 3.89. The summed E-state index contributed by atoms with van der Waals surface area (Å²) < 4.78 is 0. The lowest BCUT2D eigenvalue weighted by Crippen LogP contribution is -2.34. The van der Waals surface area contributed by atoms with E-state index in [1.807, 2.05) is 18.2 Å². The average molecular weight is 234 g/mol. The van der Waals surface area contributed by atoms with Crippen molar-refractivity contribution in [1.82, 2.24) is 0 Å². The number of rotatable bonds is 3. The van der Waals surface area contributed by atoms with Crippen molar-refractivity contribution >= 4 is 11.4 Å². The van der Waals surface area contributed by atoms with Gasteiger partial charge >= 0.3 is 0 Å². The number of aliphatic hydroxyl groups excluding tert-OH is 1. The molecule has 1 fully saturated rings. The highest BCUT2D eigenvalue weighted by Crippen LogP contribution is 2.28. The van der Waals surface area contributed by atoms with Crippen LogP contribution in [0.15, 0.2) is 18.2 Å². The number of nitrogens with one attached hydrogen (secondary N) is 1. The molecule has 1 saturated carbocycles. The van der Waals surface area contributed by atoms with Gasteiger partial charge < -0.3 is 16.2 Å². The molecular formula is C14H22N2O. The molecule has 94 valence electrons. The Morgan fingerprint density at radius 3 is 2.88 bits per heavy atom. The molecule has 1 aliphatic rings. The van der Waals surface area contributed by atoms with Crippen LogP contribution in [0.5, 0.6) is 0 Å². The van der Waals surface area contributed by atoms with Gasteiger partial charge in [-0.3, -0.25) is 0 Å². The van der Waals surface area contributed by atoms with Crippen molar-refractivity contribution in [2.45, 2.75) is 38.6 Å². The van der Waals surface area contributed by atoms with Gasteiger partial charge in [-0.25, -0.2) is 0 Å². The van der Waals surface area contributed by atoms with Crippen LogP contribution in [0.25, 0.3) is 0 Å². The maximum atomic E-state index is 9.40. The fourth-order valence-electron chi connectivity index (χ4n) is 2.61. The Morgan fingerprint density at radius 1 is 1.35 bits per heavy atom. The zero-order valence-corrected chi connectivity index (χ0v) is 10.4. The lowest BCUT2D eigenvalue weighted by Gasteiger charge is -2.32. The Bertz CT molecular complexity index is 378. The number of aliphatic hydroxyl groups is 1. The van der Waals surface area contributed by atoms with Gasteiger partial charge in [0.25, 0.3) is 0 Å². The molecule has 1 aromatic rings. The molecular weight excluding hydrogens is 212 g/mol. The molecule has 0 saturated heterocycles. The minimum Gasteiger partial charge on any atom is -0.399 e. The summed E-state index contributed by atoms with van der Waals surface area (Å²) in [6, 6.07) is 6.33. The van der Waals surface area contributed by atoms with Crippen molar-refractivity contribution in [3.63, 3.8) is 0 Å². The zero-order chi connectivity index (χ0) is 12.3. The highest BCUT2D eigenvalue weighted by molar-refractivity contribution is 5.59. The molecule has 2 atom stereocenters. The highest BCUT2D eigenvalue weighted by atomic mass is 16.3. The van der Waals surface area contributed by atoms with Gasteiger partial charge in [0.1, 0.15) is 0 Å². The second kappa shape index (κ2) is 5.41. The maximum absolute atomic E-state index is 9.40. The molecule has 17 heavy (non-hydrogen) atoms. The summed E-state index contributed by atoms with van der Waals surface area (Å²) in [6.45, 7) is 2.36. The molecule has 0 amide bonds. The quantitative estimate of drug-likeness (QED) is 0.704. The first-order valence-corrected chi connectivity index (χ1v) is 6.44. The van der Waals surface area contributed by atoms with Crippen molar-refractivity contribution < 1.29 is 5.11 Å². The third-order valence-electron chi connectivity index (χ3n) is 3.75. The van der Waals surface area contributed by atoms with Gasteiger partial charge in [-0.05, 0) is 37.5 Å². The summed E-state index contributed by atoms with van der Waals surface area (Å²) in [4.78, 5) is 0. The number of aryl methyl sites for hydroxylation is 1. The summed E-state index contributed by atoms with van der Waals surface area (Å²) in [5.41, 5.74) is 8.91. The molecule has 3 nitrogen and oxygen atoms in total. The van der Waals surface area contributed by atoms with E-state index in [2.05, 4.69) is 12.2 Å². The molecule has 1 aliphatic carbocycles. The number of benzene rings is 1. The number of nitrogen functional groups attached to an aromatic ring is 1. The Balaban J connectivity index is 2.10. The van der Waals surface area contributed by atoms with Gasteiger partial charge in [0.05, 0.1) is 0 Å². The monoisotopic (exact) mass is 234 g/mol. The molecule has 0 bridgehead atoms. The number of nitrogens with two attached hydrogens (primary N) is 1. The van der Waals surface area contributed by atoms with Crippen LogP contribution in [-0.4, -0.2) is 17.8 Å². The second-order valence-electron chi connectivity index (χ2n) is 5.05. The van der Waals surface area contributed by atoms with Crippen LogP contribution < -0.4 is 11.1 Å². The largest absolute Gasteiger partial charge is 0.399 e. The average Bonchev–Trinajstić information content (AvgIpc) is 2.34. The summed E-state index contributed by atoms with van der Waals surface area (Å²) >= 11 is 0. The first-order valence-electron chi connectivity index (χ1n) is 6.44. The predicted molar refractivity (Wildman–Crippen MR) is 72.0 cm³/mol. The van der Waals surface area contributed by atoms with E-state index in [1.54, 1.807) is 0 Å². The minimum absolute atomic E-state index is 0.277. The Labute approximate surface area is 103 Å². The van der Waals surface area contributed by atoms with Gasteiger partial charge in [-0.2, -0.15) is 0 Å². The number of anilines is 2. The molecule has 2 unspecified atom stereocenters. The van der Waals surface area contributed by atoms with E-state index in [0.29, 0.717) is 12.0 Å². The van der Waals surface area contributed by atoms with Crippen molar-refractivity contribution in [2.24, 2.45) is 5.92 Å². The second-order valence-corrected chi connectivity index (χ2v) is 5.05. The van der Waals surface area contributed by atoms with Crippen LogP contribution in [-0.2, 0) is 0 Å². The van der Waals surface area contributed by atoms with E-state index in [9.17, 15) is 5.11 Å². The van der Waals surface area contributed by atoms with Crippen molar-refractivity contribution in [1.29, 1.82) is 0 Å². The van der Waals surface area contributed by atoms with E-state index < -0.39 is 0 Å². The van der Waals surface area contributed by atoms with Crippen LogP contribution in [0.3, 0.4) is 0 Å². The maximum Gasteiger partial charge on any atom is 0.0478 e. The van der Waals surface area contributed by atoms with Crippen LogP contribution in [0, 0.1) is 12.8 Å². The number of hydrogen-bond acceptors (Lipinski definition) is 3. The SMILES string of the molecule is Cc1ccc(N)cc1NC1CCCCC1CO. The smallest absolute Gasteiger partial charge is 0.0478 e. The normalized spacial score (nSPS) is 24.6. The predicted octanol–water partition coefficient (Wildman–Crippen LogP) is 2.54. The molecule has 1 aromatic carbocycles. The highest BCUT2D eigenvalue weighted by Gasteiger charge is 2.24. The summed E-state index contributed by atoms with van der Waals surface area (Å²) in [7, 11) is 0. The van der Waals surface area contributed by atoms with E-state index in [0.717, 1.165) is 24.2 Å². The molecule has 0 aromatic heterocycles. The van der Waals surface area contributed by atoms with Crippen LogP contribution in [0.2, 0.25) is 0 Å². The van der Waals surface area contributed by atoms with Crippen LogP contribution in [0.4, 0.5) is 11.4 Å². The third kappa shape index (κ3) is 2.91. The third-order valence-corrected chi connectivity index (χ3v) is 3.75. The van der Waals surface area contributed by atoms with E-state index in [1.165, 1.54) is 18.4 Å². The van der Waals surface area contributed by atoms with Gasteiger partial charge in [-0.15, -0.1) is 0 Å². The van der Waals surface area contributed by atoms with E-state index >= 15 is 0 Å². The van der Waals surface area contributed by atoms with Gasteiger partial charge in [-0.1, -0.05) is 18.9 Å². The molecule has 0 spiro atoms. The zero-order valence-electron chi connectivity index (χ0n) is 10.4.